The molecule has 0 atom stereocenters. The molecule has 13 aromatic carbocycles. The first kappa shape index (κ1) is 59.6. The van der Waals surface area contributed by atoms with Crippen molar-refractivity contribution < 1.29 is 4.39 Å². The summed E-state index contributed by atoms with van der Waals surface area (Å²) in [7, 11) is 0. The van der Waals surface area contributed by atoms with Crippen molar-refractivity contribution in [1.82, 2.24) is 13.7 Å². The van der Waals surface area contributed by atoms with Crippen molar-refractivity contribution in [1.29, 1.82) is 26.3 Å². The Balaban J connectivity index is 0.907. The van der Waals surface area contributed by atoms with Crippen molar-refractivity contribution >= 4 is 65.4 Å². The number of halogens is 1. The zero-order valence-electron chi connectivity index (χ0n) is 54.5. The fraction of sp³-hybridized carbons (Fsp3) is 0.0674. The molecular formula is C89H57FN8. The van der Waals surface area contributed by atoms with Crippen molar-refractivity contribution in [3.05, 3.63) is 304 Å². The van der Waals surface area contributed by atoms with E-state index in [9.17, 15) is 26.3 Å². The molecule has 3 aromatic heterocycles. The number of nitrogens with zero attached hydrogens (tertiary/aromatic N) is 8. The van der Waals surface area contributed by atoms with Crippen LogP contribution in [0.4, 0.5) is 4.39 Å². The minimum Gasteiger partial charge on any atom is -0.309 e. The summed E-state index contributed by atoms with van der Waals surface area (Å²) >= 11 is 0. The Labute approximate surface area is 565 Å². The molecule has 0 unspecified atom stereocenters. The average Bonchev–Trinajstić information content (AvgIpc) is 1.57. The average molecular weight is 1260 g/mol. The van der Waals surface area contributed by atoms with Crippen molar-refractivity contribution in [2.24, 2.45) is 0 Å². The van der Waals surface area contributed by atoms with Crippen LogP contribution in [0, 0.1) is 104 Å². The fourth-order valence-electron chi connectivity index (χ4n) is 14.7. The van der Waals surface area contributed by atoms with Crippen LogP contribution in [0.3, 0.4) is 0 Å². The molecule has 0 fully saturated rings. The van der Waals surface area contributed by atoms with Crippen LogP contribution in [-0.2, 0) is 0 Å². The van der Waals surface area contributed by atoms with Gasteiger partial charge in [0, 0.05) is 54.7 Å². The van der Waals surface area contributed by atoms with Crippen LogP contribution < -0.4 is 0 Å². The van der Waals surface area contributed by atoms with Crippen LogP contribution in [0.15, 0.2) is 237 Å². The van der Waals surface area contributed by atoms with Gasteiger partial charge in [-0.2, -0.15) is 26.3 Å². The molecule has 8 nitrogen and oxygen atoms in total. The highest BCUT2D eigenvalue weighted by atomic mass is 19.1. The van der Waals surface area contributed by atoms with Gasteiger partial charge in [0.25, 0.3) is 0 Å². The van der Waals surface area contributed by atoms with E-state index in [-0.39, 0.29) is 22.3 Å². The van der Waals surface area contributed by atoms with Gasteiger partial charge in [-0.3, -0.25) is 0 Å². The number of aryl methyl sites for hydroxylation is 6. The second-order valence-corrected chi connectivity index (χ2v) is 25.9. The maximum Gasteiger partial charge on any atom is 0.148 e. The first-order chi connectivity index (χ1) is 47.7. The van der Waals surface area contributed by atoms with Gasteiger partial charge >= 0.3 is 0 Å². The largest absolute Gasteiger partial charge is 0.309 e. The molecule has 0 bridgehead atoms. The maximum absolute atomic E-state index is 17.3. The van der Waals surface area contributed by atoms with Crippen molar-refractivity contribution in [3.63, 3.8) is 0 Å². The maximum atomic E-state index is 17.3. The lowest BCUT2D eigenvalue weighted by molar-refractivity contribution is 0.627. The summed E-state index contributed by atoms with van der Waals surface area (Å²) in [6.45, 7) is 12.5. The lowest BCUT2D eigenvalue weighted by atomic mass is 9.89. The standard InChI is InChI=1S/C89H57FN8/c1-51-16-22-81-75(28-51)76-29-52(2)17-23-82(76)96(81)71-42-69(49-94)88(90)73(45-71)62-14-8-11-59(37-62)65-39-64(58-10-7-13-61(36-58)72-43-67(47-92)68(48-93)44-87(72)97-83-24-18-53(3)30-77(83)78-31-54(4)19-25-84(78)97)40-66(41-65)60-12-9-15-63(38-60)74-35-57(46-91)34-70(50-95)89(74)98-85-26-20-55(5)32-79(85)80-33-56(6)21-27-86(80)98/h7-45H,1-6H3. The van der Waals surface area contributed by atoms with E-state index in [2.05, 4.69) is 237 Å². The summed E-state index contributed by atoms with van der Waals surface area (Å²) in [5.41, 5.74) is 24.5. The smallest absolute Gasteiger partial charge is 0.148 e. The molecule has 0 aliphatic carbocycles. The number of aromatic nitrogens is 3. The van der Waals surface area contributed by atoms with Crippen LogP contribution in [-0.4, -0.2) is 13.7 Å². The van der Waals surface area contributed by atoms with Gasteiger partial charge in [0.2, 0.25) is 0 Å². The summed E-state index contributed by atoms with van der Waals surface area (Å²) in [6.07, 6.45) is 0. The van der Waals surface area contributed by atoms with E-state index in [0.29, 0.717) is 33.6 Å². The number of nitriles is 5. The van der Waals surface area contributed by atoms with Crippen LogP contribution in [0.5, 0.6) is 0 Å². The number of hydrogen-bond acceptors (Lipinski definition) is 5. The van der Waals surface area contributed by atoms with E-state index in [1.165, 1.54) is 0 Å². The highest BCUT2D eigenvalue weighted by Gasteiger charge is 2.25. The molecule has 0 amide bonds. The van der Waals surface area contributed by atoms with Gasteiger partial charge in [-0.25, -0.2) is 4.39 Å². The van der Waals surface area contributed by atoms with E-state index in [1.807, 2.05) is 72.8 Å². The topological polar surface area (TPSA) is 134 Å². The predicted molar refractivity (Wildman–Crippen MR) is 394 cm³/mol. The summed E-state index contributed by atoms with van der Waals surface area (Å²) in [4.78, 5) is 0. The fourth-order valence-corrected chi connectivity index (χ4v) is 14.7. The number of hydrogen-bond donors (Lipinski definition) is 0. The van der Waals surface area contributed by atoms with Crippen LogP contribution in [0.2, 0.25) is 0 Å². The Morgan fingerprint density at radius 3 is 1.01 bits per heavy atom. The van der Waals surface area contributed by atoms with Gasteiger partial charge in [-0.05, 0) is 237 Å². The van der Waals surface area contributed by atoms with Crippen molar-refractivity contribution in [2.45, 2.75) is 41.5 Å². The van der Waals surface area contributed by atoms with E-state index < -0.39 is 5.82 Å². The molecule has 460 valence electrons. The highest BCUT2D eigenvalue weighted by molar-refractivity contribution is 6.13. The normalized spacial score (nSPS) is 11.4. The Kier molecular flexibility index (Phi) is 14.2. The third kappa shape index (κ3) is 9.84. The number of benzene rings is 13. The van der Waals surface area contributed by atoms with Crippen molar-refractivity contribution in [3.8, 4) is 114 Å². The SMILES string of the molecule is Cc1ccc2c(c1)c1cc(C)ccc1n2-c1cc(C#N)c(F)c(-c2cccc(-c3cc(-c4cccc(-c5cc(C#N)c(C#N)cc5-n5c6ccc(C)cc6c6cc(C)ccc65)c4)cc(-c4cccc(-c5cc(C#N)cc(C#N)c5-n5c6ccc(C)cc6c6cc(C)ccc65)c4)c3)c2)c1. The molecule has 0 aliphatic heterocycles. The lowest BCUT2D eigenvalue weighted by Crippen LogP contribution is -2.02. The van der Waals surface area contributed by atoms with E-state index in [1.54, 1.807) is 12.1 Å². The molecule has 16 aromatic rings. The summed E-state index contributed by atoms with van der Waals surface area (Å²) in [6, 6.07) is 91.3. The summed E-state index contributed by atoms with van der Waals surface area (Å²) in [5, 5.41) is 60.1. The van der Waals surface area contributed by atoms with Gasteiger partial charge in [0.05, 0.1) is 78.4 Å². The van der Waals surface area contributed by atoms with Gasteiger partial charge in [-0.15, -0.1) is 0 Å². The number of rotatable bonds is 9. The Bertz CT molecular complexity index is 6230. The van der Waals surface area contributed by atoms with Crippen LogP contribution >= 0.6 is 0 Å². The summed E-state index contributed by atoms with van der Waals surface area (Å²) in [5.74, 6) is -0.623. The van der Waals surface area contributed by atoms with Gasteiger partial charge in [0.1, 0.15) is 30.1 Å². The van der Waals surface area contributed by atoms with E-state index in [4.69, 9.17) is 0 Å². The van der Waals surface area contributed by atoms with E-state index in [0.717, 1.165) is 155 Å². The minimum atomic E-state index is -0.623. The quantitative estimate of drug-likeness (QED) is 0.142. The van der Waals surface area contributed by atoms with Crippen LogP contribution in [0.1, 0.15) is 61.2 Å². The van der Waals surface area contributed by atoms with Gasteiger partial charge in [-0.1, -0.05) is 124 Å². The third-order valence-corrected chi connectivity index (χ3v) is 19.3. The number of fused-ring (bicyclic) bond motifs is 9. The molecular weight excluding hydrogens is 1200 g/mol. The molecule has 0 saturated heterocycles. The monoisotopic (exact) mass is 1260 g/mol. The van der Waals surface area contributed by atoms with Crippen LogP contribution in [0.25, 0.3) is 149 Å². The molecule has 0 N–H and O–H groups in total. The minimum absolute atomic E-state index is 0.0782. The van der Waals surface area contributed by atoms with Crippen molar-refractivity contribution in [2.75, 3.05) is 0 Å². The molecule has 0 spiro atoms. The Morgan fingerprint density at radius 2 is 0.612 bits per heavy atom. The molecule has 0 radical (unpaired) electrons. The molecule has 0 saturated carbocycles. The Morgan fingerprint density at radius 1 is 0.265 bits per heavy atom. The van der Waals surface area contributed by atoms with E-state index >= 15 is 4.39 Å². The lowest BCUT2D eigenvalue weighted by Gasteiger charge is -2.18. The zero-order chi connectivity index (χ0) is 67.4. The molecule has 3 heterocycles. The van der Waals surface area contributed by atoms with Gasteiger partial charge in [0.15, 0.2) is 0 Å². The molecule has 98 heavy (non-hydrogen) atoms. The highest BCUT2D eigenvalue weighted by Crippen LogP contribution is 2.45. The second-order valence-electron chi connectivity index (χ2n) is 25.9. The second kappa shape index (κ2) is 23.3. The van der Waals surface area contributed by atoms with Gasteiger partial charge < -0.3 is 13.7 Å². The summed E-state index contributed by atoms with van der Waals surface area (Å²) < 4.78 is 23.7. The molecule has 16 rings (SSSR count). The molecule has 9 heteroatoms. The predicted octanol–water partition coefficient (Wildman–Crippen LogP) is 22.3. The zero-order valence-corrected chi connectivity index (χ0v) is 54.5. The Hall–Kier alpha value is -13.4. The third-order valence-electron chi connectivity index (χ3n) is 19.3. The molecule has 0 aliphatic rings. The first-order valence-electron chi connectivity index (χ1n) is 32.4. The first-order valence-corrected chi connectivity index (χ1v) is 32.4.